The van der Waals surface area contributed by atoms with Gasteiger partial charge in [0.25, 0.3) is 0 Å². The highest BCUT2D eigenvalue weighted by Gasteiger charge is 2.47. The van der Waals surface area contributed by atoms with Crippen LogP contribution in [0, 0.1) is 0 Å². The monoisotopic (exact) mass is 409 g/mol. The number of fused-ring (bicyclic) bond motifs is 1. The number of halogens is 1. The molecule has 2 aliphatic rings. The van der Waals surface area contributed by atoms with Gasteiger partial charge in [0.2, 0.25) is 5.91 Å². The molecule has 0 unspecified atom stereocenters. The average molecular weight is 410 g/mol. The van der Waals surface area contributed by atoms with Crippen molar-refractivity contribution in [1.82, 2.24) is 4.90 Å². The molecule has 27 heavy (non-hydrogen) atoms. The summed E-state index contributed by atoms with van der Waals surface area (Å²) in [6.07, 6.45) is 1.67. The number of carbonyl (C=O) groups excluding carboxylic acids is 1. The molecule has 0 N–H and O–H groups in total. The van der Waals surface area contributed by atoms with Crippen LogP contribution in [0.3, 0.4) is 0 Å². The summed E-state index contributed by atoms with van der Waals surface area (Å²) in [7, 11) is -1.95. The Balaban J connectivity index is 1.81. The van der Waals surface area contributed by atoms with E-state index in [0.29, 0.717) is 19.5 Å². The lowest BCUT2D eigenvalue weighted by Gasteiger charge is -2.40. The minimum Gasteiger partial charge on any atom is -0.412 e. The molecule has 4 atom stereocenters. The number of ether oxygens (including phenoxy) is 1. The third kappa shape index (κ3) is 5.14. The molecular weight excluding hydrogens is 378 g/mol. The van der Waals surface area contributed by atoms with Crippen molar-refractivity contribution in [2.75, 3.05) is 6.54 Å². The first kappa shape index (κ1) is 20.8. The van der Waals surface area contributed by atoms with Gasteiger partial charge in [0, 0.05) is 25.9 Å². The van der Waals surface area contributed by atoms with Gasteiger partial charge in [0.1, 0.15) is 5.38 Å². The number of epoxide rings is 1. The van der Waals surface area contributed by atoms with E-state index < -0.39 is 13.7 Å². The Morgan fingerprint density at radius 3 is 2.44 bits per heavy atom. The Bertz CT molecular complexity index is 661. The molecule has 1 aromatic carbocycles. The van der Waals surface area contributed by atoms with Crippen LogP contribution in [0.4, 0.5) is 0 Å². The fourth-order valence-electron chi connectivity index (χ4n) is 3.39. The molecule has 0 spiro atoms. The molecule has 6 heteroatoms. The Kier molecular flexibility index (Phi) is 6.07. The minimum atomic E-state index is -1.95. The molecular formula is C21H32ClNO3Si. The first-order valence-corrected chi connectivity index (χ1v) is 13.2. The number of carbonyl (C=O) groups is 1. The van der Waals surface area contributed by atoms with Gasteiger partial charge >= 0.3 is 0 Å². The molecule has 0 saturated carbocycles. The molecule has 2 aliphatic heterocycles. The lowest BCUT2D eigenvalue weighted by atomic mass is 10.1. The van der Waals surface area contributed by atoms with Crippen molar-refractivity contribution >= 4 is 25.8 Å². The lowest BCUT2D eigenvalue weighted by Crippen LogP contribution is -2.48. The number of nitrogens with zero attached hydrogens (tertiary/aromatic N) is 1. The first-order chi connectivity index (χ1) is 12.6. The molecule has 2 fully saturated rings. The third-order valence-electron chi connectivity index (χ3n) is 6.11. The van der Waals surface area contributed by atoms with E-state index in [-0.39, 0.29) is 29.3 Å². The summed E-state index contributed by atoms with van der Waals surface area (Å²) in [5.74, 6) is -0.0134. The lowest BCUT2D eigenvalue weighted by molar-refractivity contribution is -0.133. The molecule has 1 amide bonds. The van der Waals surface area contributed by atoms with E-state index in [1.807, 2.05) is 35.2 Å². The van der Waals surface area contributed by atoms with Gasteiger partial charge in [0.05, 0.1) is 18.3 Å². The maximum atomic E-state index is 13.0. The van der Waals surface area contributed by atoms with Crippen molar-refractivity contribution in [3.63, 3.8) is 0 Å². The molecule has 0 aliphatic carbocycles. The average Bonchev–Trinajstić information content (AvgIpc) is 3.29. The van der Waals surface area contributed by atoms with Gasteiger partial charge in [0.15, 0.2) is 8.32 Å². The summed E-state index contributed by atoms with van der Waals surface area (Å²) in [6.45, 7) is 12.4. The summed E-state index contributed by atoms with van der Waals surface area (Å²) in [4.78, 5) is 14.9. The molecule has 150 valence electrons. The summed E-state index contributed by atoms with van der Waals surface area (Å²) in [5, 5.41) is -0.409. The van der Waals surface area contributed by atoms with Crippen LogP contribution < -0.4 is 0 Å². The van der Waals surface area contributed by atoms with Gasteiger partial charge in [-0.1, -0.05) is 51.1 Å². The summed E-state index contributed by atoms with van der Waals surface area (Å²) < 4.78 is 12.5. The van der Waals surface area contributed by atoms with Crippen molar-refractivity contribution in [2.24, 2.45) is 0 Å². The highest BCUT2D eigenvalue weighted by atomic mass is 35.5. The van der Waals surface area contributed by atoms with Crippen molar-refractivity contribution in [1.29, 1.82) is 0 Å². The highest BCUT2D eigenvalue weighted by Crippen LogP contribution is 2.40. The first-order valence-electron chi connectivity index (χ1n) is 9.87. The fourth-order valence-corrected chi connectivity index (χ4v) is 5.06. The maximum absolute atomic E-state index is 13.0. The molecule has 0 bridgehead atoms. The maximum Gasteiger partial charge on any atom is 0.241 e. The predicted molar refractivity (Wildman–Crippen MR) is 111 cm³/mol. The molecule has 2 heterocycles. The normalized spacial score (nSPS) is 29.6. The Hall–Kier alpha value is -0.883. The van der Waals surface area contributed by atoms with Crippen LogP contribution in [0.5, 0.6) is 0 Å². The third-order valence-corrected chi connectivity index (χ3v) is 11.0. The van der Waals surface area contributed by atoms with E-state index in [4.69, 9.17) is 20.8 Å². The van der Waals surface area contributed by atoms with Crippen molar-refractivity contribution in [2.45, 2.75) is 82.0 Å². The quantitative estimate of drug-likeness (QED) is 0.415. The highest BCUT2D eigenvalue weighted by molar-refractivity contribution is 6.74. The van der Waals surface area contributed by atoms with Crippen LogP contribution in [-0.2, 0) is 20.5 Å². The van der Waals surface area contributed by atoms with Crippen LogP contribution in [-0.4, -0.2) is 49.4 Å². The molecule has 0 aromatic heterocycles. The number of benzene rings is 1. The summed E-state index contributed by atoms with van der Waals surface area (Å²) >= 11 is 6.45. The standard InChI is InChI=1S/C21H32ClNO3Si/c1-21(2,3)27(4,5)26-16-11-18-19(25-18)12-17(22)20(24)23(14-16)13-15-9-7-6-8-10-15/h6-10,16-19H,11-14H2,1-5H3/t16-,17-,18+,19+/m1/s1. The van der Waals surface area contributed by atoms with Gasteiger partial charge in [-0.15, -0.1) is 11.6 Å². The smallest absolute Gasteiger partial charge is 0.241 e. The summed E-state index contributed by atoms with van der Waals surface area (Å²) in [6, 6.07) is 10.1. The second kappa shape index (κ2) is 7.86. The number of alkyl halides is 1. The van der Waals surface area contributed by atoms with Gasteiger partial charge in [-0.2, -0.15) is 0 Å². The van der Waals surface area contributed by atoms with Gasteiger partial charge in [-0.05, 0) is 23.7 Å². The van der Waals surface area contributed by atoms with E-state index in [1.165, 1.54) is 0 Å². The van der Waals surface area contributed by atoms with Gasteiger partial charge in [-0.25, -0.2) is 0 Å². The minimum absolute atomic E-state index is 0.0134. The van der Waals surface area contributed by atoms with E-state index in [9.17, 15) is 4.79 Å². The number of hydrogen-bond donors (Lipinski definition) is 0. The van der Waals surface area contributed by atoms with Crippen molar-refractivity contribution in [3.8, 4) is 0 Å². The molecule has 3 rings (SSSR count). The van der Waals surface area contributed by atoms with Crippen LogP contribution in [0.1, 0.15) is 39.2 Å². The van der Waals surface area contributed by atoms with Crippen LogP contribution in [0.15, 0.2) is 30.3 Å². The molecule has 4 nitrogen and oxygen atoms in total. The Morgan fingerprint density at radius 1 is 1.19 bits per heavy atom. The van der Waals surface area contributed by atoms with E-state index in [0.717, 1.165) is 12.0 Å². The SMILES string of the molecule is CC(C)(C)[Si](C)(C)O[C@@H]1C[C@@H]2O[C@H]2C[C@@H](Cl)C(=O)N(Cc2ccccc2)C1. The summed E-state index contributed by atoms with van der Waals surface area (Å²) in [5.41, 5.74) is 1.11. The number of hydrogen-bond acceptors (Lipinski definition) is 3. The van der Waals surface area contributed by atoms with E-state index in [2.05, 4.69) is 33.9 Å². The molecule has 0 radical (unpaired) electrons. The van der Waals surface area contributed by atoms with Crippen LogP contribution in [0.2, 0.25) is 18.1 Å². The Labute approximate surface area is 169 Å². The Morgan fingerprint density at radius 2 is 1.81 bits per heavy atom. The van der Waals surface area contributed by atoms with E-state index >= 15 is 0 Å². The molecule has 2 saturated heterocycles. The zero-order chi connectivity index (χ0) is 19.8. The zero-order valence-corrected chi connectivity index (χ0v) is 18.8. The fraction of sp³-hybridized carbons (Fsp3) is 0.667. The van der Waals surface area contributed by atoms with Crippen molar-refractivity contribution in [3.05, 3.63) is 35.9 Å². The zero-order valence-electron chi connectivity index (χ0n) is 17.1. The van der Waals surface area contributed by atoms with Crippen LogP contribution >= 0.6 is 11.6 Å². The second-order valence-electron chi connectivity index (χ2n) is 9.36. The van der Waals surface area contributed by atoms with Crippen molar-refractivity contribution < 1.29 is 14.0 Å². The number of amides is 1. The molecule has 1 aromatic rings. The van der Waals surface area contributed by atoms with Gasteiger partial charge < -0.3 is 14.1 Å². The second-order valence-corrected chi connectivity index (χ2v) is 14.6. The predicted octanol–water partition coefficient (Wildman–Crippen LogP) is 4.57. The van der Waals surface area contributed by atoms with Crippen LogP contribution in [0.25, 0.3) is 0 Å². The largest absolute Gasteiger partial charge is 0.412 e. The van der Waals surface area contributed by atoms with Gasteiger partial charge in [-0.3, -0.25) is 4.79 Å². The number of rotatable bonds is 4. The topological polar surface area (TPSA) is 42.1 Å². The van der Waals surface area contributed by atoms with E-state index in [1.54, 1.807) is 0 Å².